The highest BCUT2D eigenvalue weighted by Gasteiger charge is 2.17. The van der Waals surface area contributed by atoms with E-state index >= 15 is 0 Å². The predicted molar refractivity (Wildman–Crippen MR) is 67.8 cm³/mol. The Morgan fingerprint density at radius 2 is 1.75 bits per heavy atom. The SMILES string of the molecule is CC(C(=O)O)c1cc(F)cc(-c2cc(F)ccc2F)c1. The van der Waals surface area contributed by atoms with Crippen molar-refractivity contribution in [3.63, 3.8) is 0 Å². The van der Waals surface area contributed by atoms with Crippen LogP contribution >= 0.6 is 0 Å². The van der Waals surface area contributed by atoms with E-state index in [2.05, 4.69) is 0 Å². The first kappa shape index (κ1) is 14.1. The minimum absolute atomic E-state index is 0.102. The van der Waals surface area contributed by atoms with E-state index in [1.807, 2.05) is 0 Å². The third-order valence-electron chi connectivity index (χ3n) is 3.03. The quantitative estimate of drug-likeness (QED) is 0.924. The van der Waals surface area contributed by atoms with E-state index in [0.29, 0.717) is 0 Å². The van der Waals surface area contributed by atoms with Crippen LogP contribution in [0.2, 0.25) is 0 Å². The zero-order chi connectivity index (χ0) is 14.9. The predicted octanol–water partition coefficient (Wildman–Crippen LogP) is 3.96. The summed E-state index contributed by atoms with van der Waals surface area (Å²) >= 11 is 0. The molecule has 0 aliphatic carbocycles. The maximum atomic E-state index is 13.7. The summed E-state index contributed by atoms with van der Waals surface area (Å²) in [6, 6.07) is 6.29. The number of hydrogen-bond donors (Lipinski definition) is 1. The van der Waals surface area contributed by atoms with E-state index in [4.69, 9.17) is 5.11 Å². The van der Waals surface area contributed by atoms with Crippen molar-refractivity contribution in [3.05, 3.63) is 59.4 Å². The lowest BCUT2D eigenvalue weighted by atomic mass is 9.96. The lowest BCUT2D eigenvalue weighted by Crippen LogP contribution is -2.08. The van der Waals surface area contributed by atoms with Gasteiger partial charge in [0.15, 0.2) is 0 Å². The molecule has 104 valence electrons. The largest absolute Gasteiger partial charge is 0.481 e. The maximum Gasteiger partial charge on any atom is 0.310 e. The lowest BCUT2D eigenvalue weighted by Gasteiger charge is -2.10. The first-order valence-electron chi connectivity index (χ1n) is 5.87. The maximum absolute atomic E-state index is 13.7. The lowest BCUT2D eigenvalue weighted by molar-refractivity contribution is -0.138. The summed E-state index contributed by atoms with van der Waals surface area (Å²) in [7, 11) is 0. The molecule has 1 unspecified atom stereocenters. The summed E-state index contributed by atoms with van der Waals surface area (Å²) in [6.07, 6.45) is 0. The molecule has 0 aliphatic heterocycles. The van der Waals surface area contributed by atoms with Crippen LogP contribution in [0.3, 0.4) is 0 Å². The highest BCUT2D eigenvalue weighted by molar-refractivity contribution is 5.77. The molecule has 0 bridgehead atoms. The monoisotopic (exact) mass is 280 g/mol. The van der Waals surface area contributed by atoms with Gasteiger partial charge in [-0.05, 0) is 54.4 Å². The van der Waals surface area contributed by atoms with Gasteiger partial charge in [0.1, 0.15) is 17.5 Å². The molecular formula is C15H11F3O2. The van der Waals surface area contributed by atoms with E-state index < -0.39 is 29.3 Å². The highest BCUT2D eigenvalue weighted by atomic mass is 19.1. The van der Waals surface area contributed by atoms with E-state index in [9.17, 15) is 18.0 Å². The molecule has 2 aromatic carbocycles. The van der Waals surface area contributed by atoms with Gasteiger partial charge in [0.25, 0.3) is 0 Å². The molecule has 0 radical (unpaired) electrons. The minimum atomic E-state index is -1.12. The Morgan fingerprint density at radius 1 is 1.05 bits per heavy atom. The van der Waals surface area contributed by atoms with Crippen molar-refractivity contribution in [2.75, 3.05) is 0 Å². The molecule has 0 aliphatic rings. The molecule has 1 atom stereocenters. The molecule has 20 heavy (non-hydrogen) atoms. The number of halogens is 3. The van der Waals surface area contributed by atoms with E-state index in [1.54, 1.807) is 0 Å². The molecule has 2 rings (SSSR count). The third kappa shape index (κ3) is 2.82. The zero-order valence-corrected chi connectivity index (χ0v) is 10.5. The van der Waals surface area contributed by atoms with Gasteiger partial charge in [0, 0.05) is 5.56 Å². The average molecular weight is 280 g/mol. The van der Waals surface area contributed by atoms with Crippen LogP contribution in [0.1, 0.15) is 18.4 Å². The minimum Gasteiger partial charge on any atom is -0.481 e. The van der Waals surface area contributed by atoms with Gasteiger partial charge in [-0.25, -0.2) is 13.2 Å². The number of rotatable bonds is 3. The molecule has 0 fully saturated rings. The van der Waals surface area contributed by atoms with E-state index in [0.717, 1.165) is 30.3 Å². The van der Waals surface area contributed by atoms with E-state index in [1.165, 1.54) is 13.0 Å². The first-order valence-corrected chi connectivity index (χ1v) is 5.87. The second-order valence-corrected chi connectivity index (χ2v) is 4.46. The summed E-state index contributed by atoms with van der Waals surface area (Å²) < 4.78 is 40.4. The van der Waals surface area contributed by atoms with Crippen LogP contribution in [0.4, 0.5) is 13.2 Å². The van der Waals surface area contributed by atoms with Crippen molar-refractivity contribution in [3.8, 4) is 11.1 Å². The molecular weight excluding hydrogens is 269 g/mol. The Kier molecular flexibility index (Phi) is 3.79. The van der Waals surface area contributed by atoms with Gasteiger partial charge in [-0.15, -0.1) is 0 Å². The second kappa shape index (κ2) is 5.36. The first-order chi connectivity index (χ1) is 9.38. The Bertz CT molecular complexity index is 668. The zero-order valence-electron chi connectivity index (χ0n) is 10.5. The van der Waals surface area contributed by atoms with Crippen LogP contribution in [0.5, 0.6) is 0 Å². The molecule has 2 nitrogen and oxygen atoms in total. The number of aliphatic carboxylic acids is 1. The van der Waals surface area contributed by atoms with Gasteiger partial charge >= 0.3 is 5.97 Å². The highest BCUT2D eigenvalue weighted by Crippen LogP contribution is 2.28. The van der Waals surface area contributed by atoms with Crippen molar-refractivity contribution in [2.24, 2.45) is 0 Å². The molecule has 0 saturated heterocycles. The molecule has 0 spiro atoms. The fourth-order valence-corrected chi connectivity index (χ4v) is 1.88. The molecule has 0 heterocycles. The molecule has 0 aromatic heterocycles. The summed E-state index contributed by atoms with van der Waals surface area (Å²) in [5.74, 6) is -4.12. The van der Waals surface area contributed by atoms with Crippen LogP contribution in [0, 0.1) is 17.5 Å². The Hall–Kier alpha value is -2.30. The van der Waals surface area contributed by atoms with Crippen molar-refractivity contribution in [1.82, 2.24) is 0 Å². The molecule has 5 heteroatoms. The van der Waals surface area contributed by atoms with Gasteiger partial charge in [-0.1, -0.05) is 0 Å². The van der Waals surface area contributed by atoms with Crippen molar-refractivity contribution >= 4 is 5.97 Å². The summed E-state index contributed by atoms with van der Waals surface area (Å²) in [4.78, 5) is 10.9. The fourth-order valence-electron chi connectivity index (χ4n) is 1.88. The van der Waals surface area contributed by atoms with Crippen molar-refractivity contribution < 1.29 is 23.1 Å². The summed E-state index contributed by atoms with van der Waals surface area (Å²) in [5, 5.41) is 8.93. The van der Waals surface area contributed by atoms with Crippen molar-refractivity contribution in [2.45, 2.75) is 12.8 Å². The van der Waals surface area contributed by atoms with E-state index in [-0.39, 0.29) is 16.7 Å². The number of benzene rings is 2. The Morgan fingerprint density at radius 3 is 2.40 bits per heavy atom. The van der Waals surface area contributed by atoms with Crippen LogP contribution in [-0.4, -0.2) is 11.1 Å². The van der Waals surface area contributed by atoms with Crippen LogP contribution in [-0.2, 0) is 4.79 Å². The standard InChI is InChI=1S/C15H11F3O2/c1-8(15(19)20)9-4-10(6-12(17)5-9)13-7-11(16)2-3-14(13)18/h2-8H,1H3,(H,19,20). The Balaban J connectivity index is 2.57. The topological polar surface area (TPSA) is 37.3 Å². The van der Waals surface area contributed by atoms with Gasteiger partial charge < -0.3 is 5.11 Å². The molecule has 2 aromatic rings. The number of carbonyl (C=O) groups is 1. The van der Waals surface area contributed by atoms with Crippen molar-refractivity contribution in [1.29, 1.82) is 0 Å². The number of carboxylic acids is 1. The third-order valence-corrected chi connectivity index (χ3v) is 3.03. The molecule has 1 N–H and O–H groups in total. The normalized spacial score (nSPS) is 12.2. The summed E-state index contributed by atoms with van der Waals surface area (Å²) in [6.45, 7) is 1.39. The van der Waals surface area contributed by atoms with Crippen LogP contribution in [0.25, 0.3) is 11.1 Å². The summed E-state index contributed by atoms with van der Waals surface area (Å²) in [5.41, 5.74) is 0.185. The average Bonchev–Trinajstić information content (AvgIpc) is 2.39. The van der Waals surface area contributed by atoms with Gasteiger partial charge in [0.05, 0.1) is 5.92 Å². The smallest absolute Gasteiger partial charge is 0.310 e. The van der Waals surface area contributed by atoms with Gasteiger partial charge in [0.2, 0.25) is 0 Å². The number of hydrogen-bond acceptors (Lipinski definition) is 1. The fraction of sp³-hybridized carbons (Fsp3) is 0.133. The van der Waals surface area contributed by atoms with Crippen LogP contribution in [0.15, 0.2) is 36.4 Å². The Labute approximate surface area is 113 Å². The van der Waals surface area contributed by atoms with Gasteiger partial charge in [-0.2, -0.15) is 0 Å². The van der Waals surface area contributed by atoms with Crippen LogP contribution < -0.4 is 0 Å². The molecule has 0 amide bonds. The second-order valence-electron chi connectivity index (χ2n) is 4.46. The number of carboxylic acid groups (broad SMARTS) is 1. The molecule has 0 saturated carbocycles. The van der Waals surface area contributed by atoms with Gasteiger partial charge in [-0.3, -0.25) is 4.79 Å².